The number of amides is 2. The molecule has 2 aliphatic carbocycles. The van der Waals surface area contributed by atoms with Crippen LogP contribution in [0.2, 0.25) is 0 Å². The quantitative estimate of drug-likeness (QED) is 0.830. The molecule has 0 bridgehead atoms. The molecule has 4 fully saturated rings. The van der Waals surface area contributed by atoms with Crippen molar-refractivity contribution >= 4 is 17.8 Å². The molecule has 2 aliphatic heterocycles. The van der Waals surface area contributed by atoms with Gasteiger partial charge in [-0.1, -0.05) is 12.8 Å². The second kappa shape index (κ2) is 6.83. The average molecular weight is 339 g/mol. The topological polar surface area (TPSA) is 50.4 Å². The summed E-state index contributed by atoms with van der Waals surface area (Å²) < 4.78 is 6.04. The summed E-state index contributed by atoms with van der Waals surface area (Å²) in [4.78, 5) is 12.4. The van der Waals surface area contributed by atoms with Crippen LogP contribution in [0.15, 0.2) is 0 Å². The van der Waals surface area contributed by atoms with Crippen molar-refractivity contribution in [1.82, 2.24) is 10.6 Å². The van der Waals surface area contributed by atoms with Gasteiger partial charge in [0, 0.05) is 24.4 Å². The molecule has 0 aromatic heterocycles. The van der Waals surface area contributed by atoms with Gasteiger partial charge in [0.25, 0.3) is 0 Å². The summed E-state index contributed by atoms with van der Waals surface area (Å²) in [5.41, 5.74) is 0.0444. The van der Waals surface area contributed by atoms with E-state index in [1.807, 2.05) is 11.8 Å². The molecular formula is C18H30N2O2S. The summed E-state index contributed by atoms with van der Waals surface area (Å²) in [6.07, 6.45) is 10.9. The van der Waals surface area contributed by atoms with Crippen LogP contribution in [0.3, 0.4) is 0 Å². The van der Waals surface area contributed by atoms with E-state index in [2.05, 4.69) is 10.6 Å². The second-order valence-corrected chi connectivity index (χ2v) is 9.21. The number of urea groups is 1. The Morgan fingerprint density at radius 2 is 1.91 bits per heavy atom. The van der Waals surface area contributed by atoms with Gasteiger partial charge in [0.1, 0.15) is 0 Å². The van der Waals surface area contributed by atoms with Crippen LogP contribution in [0.25, 0.3) is 0 Å². The maximum Gasteiger partial charge on any atom is 0.315 e. The predicted octanol–water partition coefficient (Wildman–Crippen LogP) is 3.31. The third-order valence-corrected chi connectivity index (χ3v) is 7.46. The van der Waals surface area contributed by atoms with E-state index in [0.717, 1.165) is 49.9 Å². The molecule has 4 nitrogen and oxygen atoms in total. The maximum absolute atomic E-state index is 12.4. The Labute approximate surface area is 143 Å². The Morgan fingerprint density at radius 1 is 1.04 bits per heavy atom. The molecule has 2 saturated heterocycles. The van der Waals surface area contributed by atoms with E-state index in [9.17, 15) is 4.79 Å². The lowest BCUT2D eigenvalue weighted by atomic mass is 9.83. The van der Waals surface area contributed by atoms with Crippen LogP contribution in [-0.2, 0) is 4.74 Å². The lowest BCUT2D eigenvalue weighted by molar-refractivity contribution is -0.0684. The third-order valence-electron chi connectivity index (χ3n) is 6.23. The molecule has 5 heteroatoms. The molecule has 23 heavy (non-hydrogen) atoms. The van der Waals surface area contributed by atoms with E-state index < -0.39 is 0 Å². The summed E-state index contributed by atoms with van der Waals surface area (Å²) in [5, 5.41) is 6.50. The fraction of sp³-hybridized carbons (Fsp3) is 0.944. The molecule has 130 valence electrons. The van der Waals surface area contributed by atoms with Gasteiger partial charge in [-0.2, -0.15) is 11.8 Å². The van der Waals surface area contributed by atoms with E-state index in [0.29, 0.717) is 6.04 Å². The highest BCUT2D eigenvalue weighted by Crippen LogP contribution is 2.44. The Bertz CT molecular complexity index is 435. The van der Waals surface area contributed by atoms with Crippen molar-refractivity contribution in [3.8, 4) is 0 Å². The predicted molar refractivity (Wildman–Crippen MR) is 93.8 cm³/mol. The van der Waals surface area contributed by atoms with Crippen LogP contribution in [0.1, 0.15) is 57.8 Å². The summed E-state index contributed by atoms with van der Waals surface area (Å²) in [6.45, 7) is 0.790. The number of hydrogen-bond donors (Lipinski definition) is 2. The molecule has 1 spiro atoms. The van der Waals surface area contributed by atoms with E-state index >= 15 is 0 Å². The van der Waals surface area contributed by atoms with Gasteiger partial charge >= 0.3 is 6.03 Å². The molecule has 4 atom stereocenters. The first kappa shape index (κ1) is 16.1. The van der Waals surface area contributed by atoms with Gasteiger partial charge in [-0.3, -0.25) is 0 Å². The zero-order valence-electron chi connectivity index (χ0n) is 14.0. The lowest BCUT2D eigenvalue weighted by Gasteiger charge is -2.38. The van der Waals surface area contributed by atoms with Gasteiger partial charge in [-0.25, -0.2) is 4.79 Å². The van der Waals surface area contributed by atoms with Crippen molar-refractivity contribution < 1.29 is 9.53 Å². The molecule has 0 aromatic carbocycles. The molecule has 0 aromatic rings. The van der Waals surface area contributed by atoms with Gasteiger partial charge in [-0.05, 0) is 62.5 Å². The van der Waals surface area contributed by atoms with Gasteiger partial charge in [0.15, 0.2) is 0 Å². The highest BCUT2D eigenvalue weighted by molar-refractivity contribution is 7.99. The first-order chi connectivity index (χ1) is 11.2. The minimum Gasteiger partial charge on any atom is -0.374 e. The Balaban J connectivity index is 1.24. The van der Waals surface area contributed by atoms with Crippen molar-refractivity contribution in [2.75, 3.05) is 18.1 Å². The van der Waals surface area contributed by atoms with E-state index in [4.69, 9.17) is 4.74 Å². The smallest absolute Gasteiger partial charge is 0.315 e. The number of nitrogens with one attached hydrogen (secondary N) is 2. The van der Waals surface area contributed by atoms with Crippen LogP contribution in [0, 0.1) is 11.8 Å². The molecule has 2 N–H and O–H groups in total. The summed E-state index contributed by atoms with van der Waals surface area (Å²) >= 11 is 1.98. The van der Waals surface area contributed by atoms with Crippen LogP contribution in [0.5, 0.6) is 0 Å². The molecule has 2 heterocycles. The highest BCUT2D eigenvalue weighted by Gasteiger charge is 2.41. The number of carbonyl (C=O) groups is 1. The second-order valence-electron chi connectivity index (χ2n) is 8.10. The van der Waals surface area contributed by atoms with Crippen molar-refractivity contribution in [2.45, 2.75) is 75.5 Å². The number of ether oxygens (including phenoxy) is 1. The van der Waals surface area contributed by atoms with E-state index in [1.54, 1.807) is 0 Å². The lowest BCUT2D eigenvalue weighted by Crippen LogP contribution is -2.53. The van der Waals surface area contributed by atoms with Crippen LogP contribution >= 0.6 is 11.8 Å². The van der Waals surface area contributed by atoms with Crippen LogP contribution < -0.4 is 10.6 Å². The first-order valence-electron chi connectivity index (χ1n) is 9.51. The van der Waals surface area contributed by atoms with E-state index in [1.165, 1.54) is 37.9 Å². The van der Waals surface area contributed by atoms with Crippen LogP contribution in [-0.4, -0.2) is 41.8 Å². The van der Waals surface area contributed by atoms with Gasteiger partial charge in [0.2, 0.25) is 0 Å². The molecule has 4 rings (SSSR count). The summed E-state index contributed by atoms with van der Waals surface area (Å²) in [7, 11) is 0. The number of carbonyl (C=O) groups excluding carboxylic acids is 1. The molecule has 2 amide bonds. The zero-order chi connectivity index (χ0) is 15.7. The molecule has 2 saturated carbocycles. The van der Waals surface area contributed by atoms with Crippen molar-refractivity contribution in [3.05, 3.63) is 0 Å². The zero-order valence-corrected chi connectivity index (χ0v) is 14.8. The SMILES string of the molecule is O=C(N[C@@H]1CCC[C@H](C2CC2)C1)N[C@@H]1CCO[C@@]2(CCSC2)C1. The monoisotopic (exact) mass is 338 g/mol. The largest absolute Gasteiger partial charge is 0.374 e. The van der Waals surface area contributed by atoms with Crippen molar-refractivity contribution in [2.24, 2.45) is 11.8 Å². The van der Waals surface area contributed by atoms with Crippen molar-refractivity contribution in [1.29, 1.82) is 0 Å². The number of rotatable bonds is 3. The summed E-state index contributed by atoms with van der Waals surface area (Å²) in [6, 6.07) is 0.731. The Hall–Kier alpha value is -0.420. The third kappa shape index (κ3) is 3.98. The van der Waals surface area contributed by atoms with Crippen LogP contribution in [0.4, 0.5) is 4.79 Å². The number of hydrogen-bond acceptors (Lipinski definition) is 3. The fourth-order valence-corrected chi connectivity index (χ4v) is 6.16. The Kier molecular flexibility index (Phi) is 4.77. The van der Waals surface area contributed by atoms with E-state index in [-0.39, 0.29) is 17.7 Å². The highest BCUT2D eigenvalue weighted by atomic mass is 32.2. The molecular weight excluding hydrogens is 308 g/mol. The molecule has 4 aliphatic rings. The molecule has 0 radical (unpaired) electrons. The van der Waals surface area contributed by atoms with Gasteiger partial charge < -0.3 is 15.4 Å². The van der Waals surface area contributed by atoms with Gasteiger partial charge in [0.05, 0.1) is 5.60 Å². The standard InChI is InChI=1S/C18H30N2O2S/c21-17(19-15-3-1-2-14(10-15)13-4-5-13)20-16-6-8-22-18(11-16)7-9-23-12-18/h13-16H,1-12H2,(H2,19,20,21)/t14-,15+,16+,18-/m0/s1. The molecule has 0 unspecified atom stereocenters. The maximum atomic E-state index is 12.4. The average Bonchev–Trinajstić information content (AvgIpc) is 3.30. The number of thioether (sulfide) groups is 1. The van der Waals surface area contributed by atoms with Gasteiger partial charge in [-0.15, -0.1) is 0 Å². The normalized spacial score (nSPS) is 41.0. The minimum atomic E-state index is 0.0444. The summed E-state index contributed by atoms with van der Waals surface area (Å²) in [5.74, 6) is 4.14. The first-order valence-corrected chi connectivity index (χ1v) is 10.7. The van der Waals surface area contributed by atoms with Crippen molar-refractivity contribution in [3.63, 3.8) is 0 Å². The fourth-order valence-electron chi connectivity index (χ4n) is 4.78. The Morgan fingerprint density at radius 3 is 2.70 bits per heavy atom. The minimum absolute atomic E-state index is 0.0444.